The summed E-state index contributed by atoms with van der Waals surface area (Å²) in [4.78, 5) is 16.9. The maximum atomic E-state index is 12.1. The van der Waals surface area contributed by atoms with Gasteiger partial charge in [-0.3, -0.25) is 4.79 Å². The topological polar surface area (TPSA) is 59.0 Å². The minimum Gasteiger partial charge on any atom is -0.355 e. The Bertz CT molecular complexity index is 633. The number of hydrogen-bond donors (Lipinski definition) is 2. The molecule has 0 bridgehead atoms. The summed E-state index contributed by atoms with van der Waals surface area (Å²) in [6.45, 7) is 6.10. The molecule has 0 aliphatic heterocycles. The van der Waals surface area contributed by atoms with Crippen LogP contribution in [0, 0.1) is 6.92 Å². The lowest BCUT2D eigenvalue weighted by Gasteiger charge is -2.10. The maximum Gasteiger partial charge on any atom is 0.240 e. The molecule has 0 aliphatic carbocycles. The van der Waals surface area contributed by atoms with Crippen LogP contribution in [0.1, 0.15) is 31.2 Å². The minimum atomic E-state index is 0.0547. The van der Waals surface area contributed by atoms with Crippen molar-refractivity contribution in [1.82, 2.24) is 20.2 Å². The summed E-state index contributed by atoms with van der Waals surface area (Å²) in [5, 5.41) is 6.12. The minimum absolute atomic E-state index is 0.0547. The molecule has 1 aromatic heterocycles. The molecule has 0 spiro atoms. The molecule has 22 heavy (non-hydrogen) atoms. The lowest BCUT2D eigenvalue weighted by molar-refractivity contribution is -0.121. The zero-order valence-electron chi connectivity index (χ0n) is 13.8. The monoisotopic (exact) mass is 302 g/mol. The van der Waals surface area contributed by atoms with E-state index in [4.69, 9.17) is 4.98 Å². The number of nitrogens with zero attached hydrogens (tertiary/aromatic N) is 2. The molecule has 1 aromatic carbocycles. The highest BCUT2D eigenvalue weighted by Crippen LogP contribution is 2.18. The number of fused-ring (bicyclic) bond motifs is 1. The van der Waals surface area contributed by atoms with Crippen LogP contribution in [0.15, 0.2) is 18.2 Å². The molecular formula is C17H26N4O. The van der Waals surface area contributed by atoms with Gasteiger partial charge in [0.1, 0.15) is 12.4 Å². The van der Waals surface area contributed by atoms with Gasteiger partial charge in [0.15, 0.2) is 0 Å². The van der Waals surface area contributed by atoms with Crippen LogP contribution in [0.5, 0.6) is 0 Å². The zero-order chi connectivity index (χ0) is 15.9. The number of unbranched alkanes of at least 4 members (excludes halogenated alkanes) is 1. The molecule has 2 rings (SSSR count). The fourth-order valence-electron chi connectivity index (χ4n) is 2.50. The number of hydrogen-bond acceptors (Lipinski definition) is 3. The molecule has 0 fully saturated rings. The third kappa shape index (κ3) is 4.07. The van der Waals surface area contributed by atoms with E-state index in [9.17, 15) is 4.79 Å². The van der Waals surface area contributed by atoms with Crippen molar-refractivity contribution in [3.63, 3.8) is 0 Å². The second-order valence-electron chi connectivity index (χ2n) is 5.66. The van der Waals surface area contributed by atoms with Gasteiger partial charge in [-0.25, -0.2) is 4.98 Å². The molecule has 0 atom stereocenters. The summed E-state index contributed by atoms with van der Waals surface area (Å²) in [6, 6.07) is 6.20. The van der Waals surface area contributed by atoms with Gasteiger partial charge in [0.2, 0.25) is 5.91 Å². The zero-order valence-corrected chi connectivity index (χ0v) is 13.8. The summed E-state index contributed by atoms with van der Waals surface area (Å²) in [7, 11) is 1.93. The maximum absolute atomic E-state index is 12.1. The first-order valence-electron chi connectivity index (χ1n) is 8.02. The van der Waals surface area contributed by atoms with Crippen LogP contribution in [0.25, 0.3) is 11.0 Å². The van der Waals surface area contributed by atoms with Crippen molar-refractivity contribution in [2.45, 2.75) is 39.7 Å². The highest BCUT2D eigenvalue weighted by Gasteiger charge is 2.13. The van der Waals surface area contributed by atoms with E-state index in [-0.39, 0.29) is 5.91 Å². The van der Waals surface area contributed by atoms with E-state index in [1.165, 1.54) is 5.56 Å². The predicted octanol–water partition coefficient (Wildman–Crippen LogP) is 2.02. The number of nitrogens with one attached hydrogen (secondary N) is 2. The molecular weight excluding hydrogens is 276 g/mol. The van der Waals surface area contributed by atoms with E-state index in [1.54, 1.807) is 0 Å². The number of carbonyl (C=O) groups is 1. The van der Waals surface area contributed by atoms with Crippen LogP contribution in [0.3, 0.4) is 0 Å². The quantitative estimate of drug-likeness (QED) is 0.734. The van der Waals surface area contributed by atoms with Gasteiger partial charge in [-0.05, 0) is 38.1 Å². The molecule has 1 heterocycles. The lowest BCUT2D eigenvalue weighted by Crippen LogP contribution is -2.29. The van der Waals surface area contributed by atoms with Gasteiger partial charge >= 0.3 is 0 Å². The first-order chi connectivity index (χ1) is 10.7. The Morgan fingerprint density at radius 1 is 1.32 bits per heavy atom. The summed E-state index contributed by atoms with van der Waals surface area (Å²) in [5.74, 6) is 1.01. The molecule has 5 nitrogen and oxygen atoms in total. The largest absolute Gasteiger partial charge is 0.355 e. The number of benzene rings is 1. The van der Waals surface area contributed by atoms with Crippen molar-refractivity contribution < 1.29 is 4.79 Å². The average Bonchev–Trinajstić information content (AvgIpc) is 2.82. The van der Waals surface area contributed by atoms with Crippen molar-refractivity contribution in [2.75, 3.05) is 20.1 Å². The van der Waals surface area contributed by atoms with Gasteiger partial charge in [-0.2, -0.15) is 0 Å². The van der Waals surface area contributed by atoms with Crippen molar-refractivity contribution in [3.8, 4) is 0 Å². The highest BCUT2D eigenvalue weighted by molar-refractivity contribution is 5.81. The predicted molar refractivity (Wildman–Crippen MR) is 90.0 cm³/mol. The van der Waals surface area contributed by atoms with Crippen molar-refractivity contribution in [1.29, 1.82) is 0 Å². The van der Waals surface area contributed by atoms with E-state index < -0.39 is 0 Å². The van der Waals surface area contributed by atoms with Crippen molar-refractivity contribution in [2.24, 2.45) is 0 Å². The second-order valence-corrected chi connectivity index (χ2v) is 5.66. The molecule has 0 radical (unpaired) electrons. The number of amides is 1. The first kappa shape index (κ1) is 16.5. The number of likely N-dealkylation sites (N-methyl/N-ethyl adjacent to an activating group) is 1. The molecule has 0 saturated heterocycles. The van der Waals surface area contributed by atoms with Crippen LogP contribution < -0.4 is 10.6 Å². The number of aromatic nitrogens is 2. The Labute approximate surface area is 132 Å². The van der Waals surface area contributed by atoms with Crippen LogP contribution in [0.2, 0.25) is 0 Å². The molecule has 0 saturated carbocycles. The molecule has 5 heteroatoms. The Morgan fingerprint density at radius 3 is 2.86 bits per heavy atom. The molecule has 0 unspecified atom stereocenters. The fraction of sp³-hybridized carbons (Fsp3) is 0.529. The van der Waals surface area contributed by atoms with Gasteiger partial charge in [-0.1, -0.05) is 19.4 Å². The third-order valence-corrected chi connectivity index (χ3v) is 3.74. The summed E-state index contributed by atoms with van der Waals surface area (Å²) in [6.07, 6.45) is 2.91. The molecule has 0 aliphatic rings. The smallest absolute Gasteiger partial charge is 0.240 e. The van der Waals surface area contributed by atoms with Gasteiger partial charge in [0.05, 0.1) is 11.0 Å². The highest BCUT2D eigenvalue weighted by atomic mass is 16.1. The Kier molecular flexibility index (Phi) is 5.95. The Hall–Kier alpha value is -1.88. The second kappa shape index (κ2) is 7.94. The number of rotatable bonds is 8. The van der Waals surface area contributed by atoms with Crippen LogP contribution in [0.4, 0.5) is 0 Å². The summed E-state index contributed by atoms with van der Waals surface area (Å²) < 4.78 is 2.04. The Balaban J connectivity index is 2.22. The van der Waals surface area contributed by atoms with Crippen LogP contribution >= 0.6 is 0 Å². The Morgan fingerprint density at radius 2 is 2.14 bits per heavy atom. The van der Waals surface area contributed by atoms with Crippen LogP contribution in [-0.2, 0) is 17.8 Å². The van der Waals surface area contributed by atoms with E-state index >= 15 is 0 Å². The number of imidazole rings is 1. The average molecular weight is 302 g/mol. The van der Waals surface area contributed by atoms with Gasteiger partial charge in [0, 0.05) is 19.5 Å². The molecule has 2 aromatic rings. The van der Waals surface area contributed by atoms with Gasteiger partial charge in [-0.15, -0.1) is 0 Å². The van der Waals surface area contributed by atoms with Crippen molar-refractivity contribution in [3.05, 3.63) is 29.6 Å². The summed E-state index contributed by atoms with van der Waals surface area (Å²) >= 11 is 0. The number of aryl methyl sites for hydroxylation is 1. The van der Waals surface area contributed by atoms with E-state index in [0.29, 0.717) is 6.54 Å². The van der Waals surface area contributed by atoms with Gasteiger partial charge < -0.3 is 15.2 Å². The fourth-order valence-corrected chi connectivity index (χ4v) is 2.50. The molecule has 1 amide bonds. The molecule has 120 valence electrons. The van der Waals surface area contributed by atoms with E-state index in [0.717, 1.165) is 49.2 Å². The normalized spacial score (nSPS) is 11.0. The third-order valence-electron chi connectivity index (χ3n) is 3.74. The van der Waals surface area contributed by atoms with Crippen molar-refractivity contribution >= 4 is 16.9 Å². The van der Waals surface area contributed by atoms with Crippen LogP contribution in [-0.4, -0.2) is 35.6 Å². The van der Waals surface area contributed by atoms with E-state index in [2.05, 4.69) is 42.7 Å². The van der Waals surface area contributed by atoms with E-state index in [1.807, 2.05) is 11.6 Å². The SMILES string of the molecule is CCCCNC(=O)Cn1c(CCNC)nc2cc(C)ccc21. The lowest BCUT2D eigenvalue weighted by atomic mass is 10.2. The number of carbonyl (C=O) groups excluding carboxylic acids is 1. The summed E-state index contributed by atoms with van der Waals surface area (Å²) in [5.41, 5.74) is 3.18. The first-order valence-corrected chi connectivity index (χ1v) is 8.02. The standard InChI is InChI=1S/C17H26N4O/c1-4-5-9-19-17(22)12-21-15-7-6-13(2)11-14(15)20-16(21)8-10-18-3/h6-7,11,18H,4-5,8-10,12H2,1-3H3,(H,19,22). The van der Waals surface area contributed by atoms with Gasteiger partial charge in [0.25, 0.3) is 0 Å². The molecule has 2 N–H and O–H groups in total.